The van der Waals surface area contributed by atoms with E-state index >= 15 is 0 Å². The smallest absolute Gasteiger partial charge is 0.315 e. The number of ether oxygens (including phenoxy) is 1. The molecule has 0 fully saturated rings. The average molecular weight is 517 g/mol. The summed E-state index contributed by atoms with van der Waals surface area (Å²) in [5.74, 6) is -0.222. The van der Waals surface area contributed by atoms with Crippen molar-refractivity contribution in [2.24, 2.45) is 17.3 Å². The lowest BCUT2D eigenvalue weighted by molar-refractivity contribution is -0.144. The molecule has 2 atom stereocenters. The molecular formula is C31H32O5S. The second kappa shape index (κ2) is 8.53. The van der Waals surface area contributed by atoms with E-state index in [1.165, 1.54) is 28.3 Å². The number of rotatable bonds is 3. The Hall–Kier alpha value is -2.96. The predicted molar refractivity (Wildman–Crippen MR) is 142 cm³/mol. The number of carbonyl (C=O) groups is 1. The minimum absolute atomic E-state index is 0.0303. The van der Waals surface area contributed by atoms with Gasteiger partial charge in [0.25, 0.3) is 10.1 Å². The third-order valence-electron chi connectivity index (χ3n) is 8.65. The average Bonchev–Trinajstić information content (AvgIpc) is 2.87. The van der Waals surface area contributed by atoms with E-state index in [1.54, 1.807) is 6.07 Å². The van der Waals surface area contributed by atoms with Crippen molar-refractivity contribution in [3.8, 4) is 5.75 Å². The van der Waals surface area contributed by atoms with Gasteiger partial charge in [0.05, 0.1) is 10.8 Å². The molecule has 0 aliphatic heterocycles. The van der Waals surface area contributed by atoms with Gasteiger partial charge in [-0.3, -0.25) is 9.35 Å². The quantitative estimate of drug-likeness (QED) is 0.251. The van der Waals surface area contributed by atoms with E-state index in [-0.39, 0.29) is 40.0 Å². The Morgan fingerprint density at radius 1 is 0.811 bits per heavy atom. The molecule has 0 amide bonds. The zero-order chi connectivity index (χ0) is 26.1. The third-order valence-corrected chi connectivity index (χ3v) is 9.59. The fourth-order valence-electron chi connectivity index (χ4n) is 7.32. The summed E-state index contributed by atoms with van der Waals surface area (Å²) in [6, 6.07) is 19.9. The summed E-state index contributed by atoms with van der Waals surface area (Å²) < 4.78 is 40.0. The molecule has 1 N–H and O–H groups in total. The lowest BCUT2D eigenvalue weighted by Crippen LogP contribution is -2.49. The molecule has 4 aliphatic rings. The van der Waals surface area contributed by atoms with Gasteiger partial charge in [0.1, 0.15) is 5.75 Å². The molecule has 6 heteroatoms. The van der Waals surface area contributed by atoms with E-state index in [9.17, 15) is 17.8 Å². The Balaban J connectivity index is 1.47. The highest BCUT2D eigenvalue weighted by molar-refractivity contribution is 7.85. The summed E-state index contributed by atoms with van der Waals surface area (Å²) in [5.41, 5.74) is 6.11. The van der Waals surface area contributed by atoms with Gasteiger partial charge in [0, 0.05) is 11.8 Å². The number of hydrogen-bond acceptors (Lipinski definition) is 4. The van der Waals surface area contributed by atoms with Crippen molar-refractivity contribution in [3.63, 3.8) is 0 Å². The van der Waals surface area contributed by atoms with Crippen molar-refractivity contribution in [2.75, 3.05) is 0 Å². The van der Waals surface area contributed by atoms with Gasteiger partial charge in [0.2, 0.25) is 0 Å². The maximum absolute atomic E-state index is 14.2. The van der Waals surface area contributed by atoms with Gasteiger partial charge in [-0.05, 0) is 82.5 Å². The Bertz CT molecular complexity index is 1470. The molecule has 7 rings (SSSR count). The molecule has 192 valence electrons. The van der Waals surface area contributed by atoms with Gasteiger partial charge >= 0.3 is 5.97 Å². The highest BCUT2D eigenvalue weighted by atomic mass is 32.2. The van der Waals surface area contributed by atoms with Gasteiger partial charge < -0.3 is 4.74 Å². The van der Waals surface area contributed by atoms with Gasteiger partial charge in [0.15, 0.2) is 0 Å². The minimum atomic E-state index is -4.35. The number of esters is 1. The zero-order valence-electron chi connectivity index (χ0n) is 21.4. The maximum atomic E-state index is 14.2. The van der Waals surface area contributed by atoms with Crippen molar-refractivity contribution in [1.82, 2.24) is 0 Å². The molecule has 3 aromatic rings. The van der Waals surface area contributed by atoms with E-state index in [0.717, 1.165) is 18.4 Å². The molecule has 2 bridgehead atoms. The van der Waals surface area contributed by atoms with Gasteiger partial charge in [-0.2, -0.15) is 8.42 Å². The van der Waals surface area contributed by atoms with Gasteiger partial charge in [-0.1, -0.05) is 69.3 Å². The number of hydrogen-bond donors (Lipinski definition) is 1. The molecule has 5 nitrogen and oxygen atoms in total. The standard InChI is InChI=1S/C31H32O5S/c1-31(2,3)29-27-22-14-8-6-12-20(22)26(21-13-7-9-15-23(21)27)28(29)30(32)36-24-16-17-25(37(33,34)35)19-11-5-4-10-18(19)24/h6-9,12-17,26-29H,4-5,10-11H2,1-3H3,(H,33,34,35). The summed E-state index contributed by atoms with van der Waals surface area (Å²) >= 11 is 0. The monoisotopic (exact) mass is 516 g/mol. The summed E-state index contributed by atoms with van der Waals surface area (Å²) in [7, 11) is -4.35. The first-order chi connectivity index (χ1) is 17.6. The Labute approximate surface area is 218 Å². The lowest BCUT2D eigenvalue weighted by atomic mass is 9.49. The molecule has 2 unspecified atom stereocenters. The summed E-state index contributed by atoms with van der Waals surface area (Å²) in [5, 5.41) is 0. The summed E-state index contributed by atoms with van der Waals surface area (Å²) in [4.78, 5) is 14.1. The Kier molecular flexibility index (Phi) is 5.62. The third kappa shape index (κ3) is 3.84. The van der Waals surface area contributed by atoms with Crippen LogP contribution in [0.5, 0.6) is 5.75 Å². The number of carbonyl (C=O) groups excluding carboxylic acids is 1. The molecule has 0 heterocycles. The SMILES string of the molecule is CC(C)(C)C1C2c3ccccc3C(c3ccccc32)C1C(=O)Oc1ccc(S(=O)(=O)O)c2c1CCCC2. The van der Waals surface area contributed by atoms with Crippen LogP contribution in [0.1, 0.15) is 78.8 Å². The first-order valence-electron chi connectivity index (χ1n) is 13.1. The molecule has 0 spiro atoms. The normalized spacial score (nSPS) is 24.1. The van der Waals surface area contributed by atoms with E-state index in [4.69, 9.17) is 4.74 Å². The van der Waals surface area contributed by atoms with Gasteiger partial charge in [-0.25, -0.2) is 0 Å². The first kappa shape index (κ1) is 24.4. The highest BCUT2D eigenvalue weighted by Gasteiger charge is 2.56. The van der Waals surface area contributed by atoms with Crippen LogP contribution in [0.3, 0.4) is 0 Å². The van der Waals surface area contributed by atoms with Crippen LogP contribution in [0, 0.1) is 17.3 Å². The van der Waals surface area contributed by atoms with Crippen LogP contribution in [0.2, 0.25) is 0 Å². The second-order valence-corrected chi connectivity index (χ2v) is 13.1. The molecular weight excluding hydrogens is 484 g/mol. The summed E-state index contributed by atoms with van der Waals surface area (Å²) in [6.07, 6.45) is 2.87. The minimum Gasteiger partial charge on any atom is -0.426 e. The largest absolute Gasteiger partial charge is 0.426 e. The molecule has 0 saturated heterocycles. The van der Waals surface area contributed by atoms with Crippen LogP contribution in [0.25, 0.3) is 0 Å². The first-order valence-corrected chi connectivity index (χ1v) is 14.5. The van der Waals surface area contributed by atoms with E-state index in [1.807, 2.05) is 12.1 Å². The second-order valence-electron chi connectivity index (χ2n) is 11.8. The molecule has 3 aromatic carbocycles. The fraction of sp³-hybridized carbons (Fsp3) is 0.387. The highest BCUT2D eigenvalue weighted by Crippen LogP contribution is 2.62. The van der Waals surface area contributed by atoms with Crippen LogP contribution < -0.4 is 4.74 Å². The van der Waals surface area contributed by atoms with Crippen molar-refractivity contribution < 1.29 is 22.5 Å². The van der Waals surface area contributed by atoms with Crippen LogP contribution in [0.15, 0.2) is 65.6 Å². The number of benzene rings is 3. The maximum Gasteiger partial charge on any atom is 0.315 e. The van der Waals surface area contributed by atoms with E-state index in [0.29, 0.717) is 24.2 Å². The van der Waals surface area contributed by atoms with Crippen LogP contribution >= 0.6 is 0 Å². The van der Waals surface area contributed by atoms with E-state index in [2.05, 4.69) is 57.2 Å². The topological polar surface area (TPSA) is 80.7 Å². The molecule has 0 aromatic heterocycles. The number of fused-ring (bicyclic) bond motifs is 2. The van der Waals surface area contributed by atoms with Crippen molar-refractivity contribution in [3.05, 3.63) is 94.0 Å². The van der Waals surface area contributed by atoms with Crippen molar-refractivity contribution in [1.29, 1.82) is 0 Å². The molecule has 4 aliphatic carbocycles. The lowest BCUT2D eigenvalue weighted by Gasteiger charge is -2.54. The fourth-order valence-corrected chi connectivity index (χ4v) is 8.09. The molecule has 0 radical (unpaired) electrons. The van der Waals surface area contributed by atoms with E-state index < -0.39 is 10.1 Å². The van der Waals surface area contributed by atoms with Gasteiger partial charge in [-0.15, -0.1) is 0 Å². The Morgan fingerprint density at radius 3 is 1.84 bits per heavy atom. The zero-order valence-corrected chi connectivity index (χ0v) is 22.2. The van der Waals surface area contributed by atoms with Crippen molar-refractivity contribution >= 4 is 16.1 Å². The van der Waals surface area contributed by atoms with Crippen LogP contribution in [-0.2, 0) is 27.8 Å². The summed E-state index contributed by atoms with van der Waals surface area (Å²) in [6.45, 7) is 6.60. The van der Waals surface area contributed by atoms with Crippen LogP contribution in [0.4, 0.5) is 0 Å². The Morgan fingerprint density at radius 2 is 1.32 bits per heavy atom. The van der Waals surface area contributed by atoms with Crippen molar-refractivity contribution in [2.45, 2.75) is 63.2 Å². The molecule has 0 saturated carbocycles. The van der Waals surface area contributed by atoms with Crippen LogP contribution in [-0.4, -0.2) is 18.9 Å². The molecule has 37 heavy (non-hydrogen) atoms. The predicted octanol–water partition coefficient (Wildman–Crippen LogP) is 6.29.